The third-order valence-corrected chi connectivity index (χ3v) is 3.35. The molecule has 0 aromatic carbocycles. The second-order valence-corrected chi connectivity index (χ2v) is 4.66. The lowest BCUT2D eigenvalue weighted by Gasteiger charge is -2.15. The summed E-state index contributed by atoms with van der Waals surface area (Å²) in [5.74, 6) is 0.336. The van der Waals surface area contributed by atoms with E-state index in [1.54, 1.807) is 0 Å². The van der Waals surface area contributed by atoms with Crippen molar-refractivity contribution < 1.29 is 9.53 Å². The summed E-state index contributed by atoms with van der Waals surface area (Å²) in [7, 11) is 1.47. The van der Waals surface area contributed by atoms with Crippen LogP contribution in [0.1, 0.15) is 20.8 Å². The van der Waals surface area contributed by atoms with Crippen LogP contribution >= 0.6 is 0 Å². The number of ether oxygens (including phenoxy) is 1. The Morgan fingerprint density at radius 3 is 2.47 bits per heavy atom. The SMILES string of the molecule is C#C.C/C=C\C(=C/C)CN1CC(C)C(C(=O)OC)C1. The summed E-state index contributed by atoms with van der Waals surface area (Å²) in [4.78, 5) is 13.9. The zero-order valence-corrected chi connectivity index (χ0v) is 12.4. The molecule has 0 saturated carbocycles. The van der Waals surface area contributed by atoms with E-state index in [0.717, 1.165) is 19.6 Å². The van der Waals surface area contributed by atoms with Gasteiger partial charge in [0.25, 0.3) is 0 Å². The first kappa shape index (κ1) is 17.5. The fraction of sp³-hybridized carbons (Fsp3) is 0.562. The standard InChI is InChI=1S/C14H23NO2.C2H2/c1-5-7-12(6-2)9-15-8-11(3)13(10-15)14(16)17-4;1-2/h5-7,11,13H,8-10H2,1-4H3;1-2H/b7-5-,12-6+;. The number of nitrogens with zero attached hydrogens (tertiary/aromatic N) is 1. The first-order valence-corrected chi connectivity index (χ1v) is 6.53. The first-order valence-electron chi connectivity index (χ1n) is 6.53. The first-order chi connectivity index (χ1) is 9.12. The molecule has 0 aromatic heterocycles. The Hall–Kier alpha value is -1.53. The molecule has 3 heteroatoms. The number of esters is 1. The van der Waals surface area contributed by atoms with Crippen LogP contribution in [0.4, 0.5) is 0 Å². The lowest BCUT2D eigenvalue weighted by Crippen LogP contribution is -2.25. The molecule has 0 amide bonds. The third-order valence-electron chi connectivity index (χ3n) is 3.35. The van der Waals surface area contributed by atoms with Gasteiger partial charge in [0.15, 0.2) is 0 Å². The van der Waals surface area contributed by atoms with Crippen molar-refractivity contribution >= 4 is 5.97 Å². The molecule has 1 heterocycles. The minimum Gasteiger partial charge on any atom is -0.469 e. The van der Waals surface area contributed by atoms with E-state index in [-0.39, 0.29) is 11.9 Å². The smallest absolute Gasteiger partial charge is 0.310 e. The zero-order chi connectivity index (χ0) is 14.8. The van der Waals surface area contributed by atoms with Gasteiger partial charge >= 0.3 is 5.97 Å². The van der Waals surface area contributed by atoms with Crippen LogP contribution in [0.2, 0.25) is 0 Å². The number of likely N-dealkylation sites (tertiary alicyclic amines) is 1. The lowest BCUT2D eigenvalue weighted by atomic mass is 9.99. The molecule has 1 aliphatic rings. The molecule has 2 atom stereocenters. The molecule has 0 aliphatic carbocycles. The van der Waals surface area contributed by atoms with Gasteiger partial charge in [0.05, 0.1) is 13.0 Å². The normalized spacial score (nSPS) is 24.0. The maximum absolute atomic E-state index is 11.6. The van der Waals surface area contributed by atoms with Crippen LogP contribution in [-0.2, 0) is 9.53 Å². The fourth-order valence-electron chi connectivity index (χ4n) is 2.37. The predicted octanol–water partition coefficient (Wildman–Crippen LogP) is 2.50. The van der Waals surface area contributed by atoms with E-state index in [4.69, 9.17) is 4.74 Å². The summed E-state index contributed by atoms with van der Waals surface area (Å²) >= 11 is 0. The molecule has 1 rings (SSSR count). The molecule has 0 aromatic rings. The molecular formula is C16H25NO2. The molecule has 3 nitrogen and oxygen atoms in total. The number of allylic oxidation sites excluding steroid dienone is 2. The predicted molar refractivity (Wildman–Crippen MR) is 79.6 cm³/mol. The van der Waals surface area contributed by atoms with E-state index in [1.807, 2.05) is 19.9 Å². The monoisotopic (exact) mass is 263 g/mol. The van der Waals surface area contributed by atoms with Gasteiger partial charge in [0.2, 0.25) is 0 Å². The second-order valence-electron chi connectivity index (χ2n) is 4.66. The number of methoxy groups -OCH3 is 1. The molecule has 1 fully saturated rings. The Kier molecular flexibility index (Phi) is 8.65. The van der Waals surface area contributed by atoms with Gasteiger partial charge in [-0.05, 0) is 25.3 Å². The Balaban J connectivity index is 0.00000154. The summed E-state index contributed by atoms with van der Waals surface area (Å²) in [5, 5.41) is 0. The van der Waals surface area contributed by atoms with E-state index in [2.05, 4.69) is 36.8 Å². The second kappa shape index (κ2) is 9.41. The largest absolute Gasteiger partial charge is 0.469 e. The van der Waals surface area contributed by atoms with Gasteiger partial charge in [-0.15, -0.1) is 12.8 Å². The average molecular weight is 263 g/mol. The summed E-state index contributed by atoms with van der Waals surface area (Å²) in [6.07, 6.45) is 14.3. The molecule has 2 unspecified atom stereocenters. The van der Waals surface area contributed by atoms with Crippen LogP contribution < -0.4 is 0 Å². The highest BCUT2D eigenvalue weighted by Crippen LogP contribution is 2.24. The Morgan fingerprint density at radius 2 is 2.00 bits per heavy atom. The van der Waals surface area contributed by atoms with Crippen molar-refractivity contribution in [1.82, 2.24) is 4.90 Å². The molecule has 1 saturated heterocycles. The lowest BCUT2D eigenvalue weighted by molar-refractivity contribution is -0.146. The van der Waals surface area contributed by atoms with E-state index in [9.17, 15) is 4.79 Å². The van der Waals surface area contributed by atoms with E-state index in [0.29, 0.717) is 5.92 Å². The number of terminal acetylenes is 1. The maximum Gasteiger partial charge on any atom is 0.310 e. The van der Waals surface area contributed by atoms with Gasteiger partial charge in [-0.3, -0.25) is 9.69 Å². The van der Waals surface area contributed by atoms with Crippen LogP contribution in [0.15, 0.2) is 23.8 Å². The van der Waals surface area contributed by atoms with Crippen LogP contribution in [0.5, 0.6) is 0 Å². The number of carbonyl (C=O) groups excluding carboxylic acids is 1. The highest BCUT2D eigenvalue weighted by atomic mass is 16.5. The highest BCUT2D eigenvalue weighted by molar-refractivity contribution is 5.73. The Morgan fingerprint density at radius 1 is 1.37 bits per heavy atom. The average Bonchev–Trinajstić information content (AvgIpc) is 2.80. The van der Waals surface area contributed by atoms with Crippen molar-refractivity contribution in [2.75, 3.05) is 26.7 Å². The number of rotatable bonds is 4. The fourth-order valence-corrected chi connectivity index (χ4v) is 2.37. The van der Waals surface area contributed by atoms with Gasteiger partial charge in [0.1, 0.15) is 0 Å². The van der Waals surface area contributed by atoms with Crippen LogP contribution in [-0.4, -0.2) is 37.6 Å². The van der Waals surface area contributed by atoms with E-state index in [1.165, 1.54) is 12.7 Å². The van der Waals surface area contributed by atoms with Gasteiger partial charge in [-0.25, -0.2) is 0 Å². The van der Waals surface area contributed by atoms with Crippen molar-refractivity contribution in [3.63, 3.8) is 0 Å². The molecule has 0 spiro atoms. The summed E-state index contributed by atoms with van der Waals surface area (Å²) in [6.45, 7) is 8.88. The van der Waals surface area contributed by atoms with Gasteiger partial charge in [-0.1, -0.05) is 25.2 Å². The topological polar surface area (TPSA) is 29.5 Å². The van der Waals surface area contributed by atoms with Crippen LogP contribution in [0.3, 0.4) is 0 Å². The number of hydrogen-bond donors (Lipinski definition) is 0. The van der Waals surface area contributed by atoms with Crippen molar-refractivity contribution in [2.24, 2.45) is 11.8 Å². The van der Waals surface area contributed by atoms with Gasteiger partial charge < -0.3 is 4.74 Å². The number of hydrogen-bond acceptors (Lipinski definition) is 3. The minimum absolute atomic E-state index is 0.0312. The molecule has 0 N–H and O–H groups in total. The van der Waals surface area contributed by atoms with Gasteiger partial charge in [-0.2, -0.15) is 0 Å². The molecule has 0 radical (unpaired) electrons. The van der Waals surface area contributed by atoms with Crippen molar-refractivity contribution in [3.05, 3.63) is 23.8 Å². The van der Waals surface area contributed by atoms with Crippen molar-refractivity contribution in [1.29, 1.82) is 0 Å². The van der Waals surface area contributed by atoms with Crippen molar-refractivity contribution in [3.8, 4) is 12.8 Å². The molecular weight excluding hydrogens is 238 g/mol. The van der Waals surface area contributed by atoms with E-state index < -0.39 is 0 Å². The zero-order valence-electron chi connectivity index (χ0n) is 12.4. The number of carbonyl (C=O) groups is 1. The molecule has 1 aliphatic heterocycles. The summed E-state index contributed by atoms with van der Waals surface area (Å²) in [6, 6.07) is 0. The third kappa shape index (κ3) is 5.32. The molecule has 106 valence electrons. The van der Waals surface area contributed by atoms with Crippen molar-refractivity contribution in [2.45, 2.75) is 20.8 Å². The minimum atomic E-state index is -0.0759. The molecule has 0 bridgehead atoms. The van der Waals surface area contributed by atoms with Gasteiger partial charge in [0, 0.05) is 19.6 Å². The van der Waals surface area contributed by atoms with E-state index >= 15 is 0 Å². The maximum atomic E-state index is 11.6. The highest BCUT2D eigenvalue weighted by Gasteiger charge is 2.35. The Bertz CT molecular complexity index is 355. The van der Waals surface area contributed by atoms with Crippen LogP contribution in [0, 0.1) is 24.7 Å². The van der Waals surface area contributed by atoms with Crippen LogP contribution in [0.25, 0.3) is 0 Å². The quantitative estimate of drug-likeness (QED) is 0.443. The molecule has 19 heavy (non-hydrogen) atoms. The summed E-state index contributed by atoms with van der Waals surface area (Å²) in [5.41, 5.74) is 1.30. The summed E-state index contributed by atoms with van der Waals surface area (Å²) < 4.78 is 4.84. The Labute approximate surface area is 117 Å².